The number of hydrogen-bond acceptors (Lipinski definition) is 0. The highest BCUT2D eigenvalue weighted by molar-refractivity contribution is 5.13. The van der Waals surface area contributed by atoms with E-state index in [0.29, 0.717) is 0 Å². The third-order valence-electron chi connectivity index (χ3n) is 2.97. The largest absolute Gasteiger partial charge is 0.0998 e. The molecular weight excluding hydrogens is 144 g/mol. The van der Waals surface area contributed by atoms with E-state index in [1.54, 1.807) is 5.57 Å². The summed E-state index contributed by atoms with van der Waals surface area (Å²) in [6, 6.07) is 0. The molecule has 12 heavy (non-hydrogen) atoms. The van der Waals surface area contributed by atoms with E-state index in [1.807, 2.05) is 0 Å². The van der Waals surface area contributed by atoms with Crippen molar-refractivity contribution in [2.45, 2.75) is 40.0 Å². The second-order valence-electron chi connectivity index (χ2n) is 4.08. The van der Waals surface area contributed by atoms with Crippen molar-refractivity contribution in [1.29, 1.82) is 0 Å². The molecule has 0 heterocycles. The van der Waals surface area contributed by atoms with Crippen LogP contribution in [-0.4, -0.2) is 0 Å². The van der Waals surface area contributed by atoms with Crippen LogP contribution < -0.4 is 0 Å². The average Bonchev–Trinajstić information content (AvgIpc) is 2.03. The Morgan fingerprint density at radius 2 is 2.33 bits per heavy atom. The first-order valence-corrected chi connectivity index (χ1v) is 4.97. The highest BCUT2D eigenvalue weighted by Crippen LogP contribution is 2.34. The second kappa shape index (κ2) is 3.93. The van der Waals surface area contributed by atoms with E-state index < -0.39 is 0 Å². The van der Waals surface area contributed by atoms with E-state index in [1.165, 1.54) is 24.8 Å². The van der Waals surface area contributed by atoms with Crippen LogP contribution in [0.4, 0.5) is 0 Å². The van der Waals surface area contributed by atoms with Gasteiger partial charge < -0.3 is 0 Å². The topological polar surface area (TPSA) is 0 Å². The minimum Gasteiger partial charge on any atom is -0.0998 e. The SMILES string of the molecule is C=C(C)C1CCC(C)=CC1CC. The molecule has 0 aliphatic heterocycles. The summed E-state index contributed by atoms with van der Waals surface area (Å²) in [4.78, 5) is 0. The van der Waals surface area contributed by atoms with Crippen molar-refractivity contribution in [2.75, 3.05) is 0 Å². The molecule has 0 saturated heterocycles. The highest BCUT2D eigenvalue weighted by atomic mass is 14.3. The Hall–Kier alpha value is -0.520. The van der Waals surface area contributed by atoms with E-state index in [2.05, 4.69) is 33.4 Å². The summed E-state index contributed by atoms with van der Waals surface area (Å²) in [6.45, 7) is 10.8. The van der Waals surface area contributed by atoms with Crippen LogP contribution in [0.2, 0.25) is 0 Å². The molecule has 0 spiro atoms. The zero-order valence-electron chi connectivity index (χ0n) is 8.56. The summed E-state index contributed by atoms with van der Waals surface area (Å²) < 4.78 is 0. The van der Waals surface area contributed by atoms with Crippen LogP contribution in [0.15, 0.2) is 23.8 Å². The minimum absolute atomic E-state index is 0.749. The lowest BCUT2D eigenvalue weighted by atomic mass is 9.76. The zero-order valence-corrected chi connectivity index (χ0v) is 8.56. The van der Waals surface area contributed by atoms with Gasteiger partial charge in [-0.3, -0.25) is 0 Å². The molecule has 0 amide bonds. The second-order valence-corrected chi connectivity index (χ2v) is 4.08. The first-order chi connectivity index (χ1) is 5.65. The quantitative estimate of drug-likeness (QED) is 0.542. The van der Waals surface area contributed by atoms with Crippen molar-refractivity contribution in [3.8, 4) is 0 Å². The maximum atomic E-state index is 4.07. The standard InChI is InChI=1S/C12H20/c1-5-11-8-10(4)6-7-12(11)9(2)3/h8,11-12H,2,5-7H2,1,3-4H3. The Balaban J connectivity index is 2.72. The molecule has 0 fully saturated rings. The van der Waals surface area contributed by atoms with Crippen LogP contribution in [0.25, 0.3) is 0 Å². The molecule has 0 bridgehead atoms. The van der Waals surface area contributed by atoms with E-state index in [9.17, 15) is 0 Å². The van der Waals surface area contributed by atoms with Gasteiger partial charge in [0.2, 0.25) is 0 Å². The number of hydrogen-bond donors (Lipinski definition) is 0. The Labute approximate surface area is 76.4 Å². The van der Waals surface area contributed by atoms with Gasteiger partial charge in [-0.1, -0.05) is 30.7 Å². The number of allylic oxidation sites excluding steroid dienone is 3. The van der Waals surface area contributed by atoms with Crippen molar-refractivity contribution in [3.05, 3.63) is 23.8 Å². The highest BCUT2D eigenvalue weighted by Gasteiger charge is 2.22. The van der Waals surface area contributed by atoms with Crippen molar-refractivity contribution in [1.82, 2.24) is 0 Å². The van der Waals surface area contributed by atoms with Crippen molar-refractivity contribution < 1.29 is 0 Å². The smallest absolute Gasteiger partial charge is 0.0143 e. The van der Waals surface area contributed by atoms with Gasteiger partial charge in [0.1, 0.15) is 0 Å². The van der Waals surface area contributed by atoms with Crippen LogP contribution in [-0.2, 0) is 0 Å². The predicted molar refractivity (Wildman–Crippen MR) is 55.1 cm³/mol. The lowest BCUT2D eigenvalue weighted by Gasteiger charge is -2.29. The van der Waals surface area contributed by atoms with Gasteiger partial charge in [-0.2, -0.15) is 0 Å². The molecule has 0 N–H and O–H groups in total. The molecule has 0 saturated carbocycles. The average molecular weight is 164 g/mol. The van der Waals surface area contributed by atoms with E-state index in [-0.39, 0.29) is 0 Å². The summed E-state index contributed by atoms with van der Waals surface area (Å²) in [5.74, 6) is 1.51. The van der Waals surface area contributed by atoms with Gasteiger partial charge in [0.05, 0.1) is 0 Å². The Morgan fingerprint density at radius 3 is 2.83 bits per heavy atom. The molecule has 0 aromatic carbocycles. The van der Waals surface area contributed by atoms with Crippen LogP contribution in [0.1, 0.15) is 40.0 Å². The minimum atomic E-state index is 0.749. The fourth-order valence-electron chi connectivity index (χ4n) is 2.18. The molecule has 0 nitrogen and oxygen atoms in total. The van der Waals surface area contributed by atoms with Gasteiger partial charge in [-0.15, -0.1) is 0 Å². The molecule has 1 aliphatic carbocycles. The lowest BCUT2D eigenvalue weighted by Crippen LogP contribution is -2.17. The summed E-state index contributed by atoms with van der Waals surface area (Å²) in [7, 11) is 0. The summed E-state index contributed by atoms with van der Waals surface area (Å²) in [6.07, 6.45) is 6.29. The van der Waals surface area contributed by atoms with Crippen molar-refractivity contribution >= 4 is 0 Å². The van der Waals surface area contributed by atoms with E-state index in [4.69, 9.17) is 0 Å². The fraction of sp³-hybridized carbons (Fsp3) is 0.667. The third kappa shape index (κ3) is 2.00. The summed E-state index contributed by atoms with van der Waals surface area (Å²) in [5.41, 5.74) is 2.94. The molecule has 68 valence electrons. The van der Waals surface area contributed by atoms with E-state index >= 15 is 0 Å². The Kier molecular flexibility index (Phi) is 3.13. The molecule has 0 heteroatoms. The van der Waals surface area contributed by atoms with Gasteiger partial charge in [-0.05, 0) is 44.9 Å². The van der Waals surface area contributed by atoms with Crippen LogP contribution in [0.3, 0.4) is 0 Å². The number of rotatable bonds is 2. The van der Waals surface area contributed by atoms with Gasteiger partial charge in [0, 0.05) is 0 Å². The molecule has 1 aliphatic rings. The molecule has 1 rings (SSSR count). The van der Waals surface area contributed by atoms with Crippen LogP contribution in [0.5, 0.6) is 0 Å². The summed E-state index contributed by atoms with van der Waals surface area (Å²) >= 11 is 0. The van der Waals surface area contributed by atoms with Gasteiger partial charge in [-0.25, -0.2) is 0 Å². The Bertz CT molecular complexity index is 198. The molecule has 2 unspecified atom stereocenters. The third-order valence-corrected chi connectivity index (χ3v) is 2.97. The maximum Gasteiger partial charge on any atom is -0.0143 e. The Morgan fingerprint density at radius 1 is 1.67 bits per heavy atom. The lowest BCUT2D eigenvalue weighted by molar-refractivity contribution is 0.391. The monoisotopic (exact) mass is 164 g/mol. The van der Waals surface area contributed by atoms with Crippen LogP contribution >= 0.6 is 0 Å². The van der Waals surface area contributed by atoms with Gasteiger partial charge >= 0.3 is 0 Å². The first kappa shape index (κ1) is 9.57. The predicted octanol–water partition coefficient (Wildman–Crippen LogP) is 3.95. The maximum absolute atomic E-state index is 4.07. The molecule has 0 radical (unpaired) electrons. The van der Waals surface area contributed by atoms with Crippen LogP contribution in [0, 0.1) is 11.8 Å². The summed E-state index contributed by atoms with van der Waals surface area (Å²) in [5, 5.41) is 0. The molecule has 2 atom stereocenters. The van der Waals surface area contributed by atoms with Crippen molar-refractivity contribution in [3.63, 3.8) is 0 Å². The fourth-order valence-corrected chi connectivity index (χ4v) is 2.18. The zero-order chi connectivity index (χ0) is 9.14. The first-order valence-electron chi connectivity index (χ1n) is 4.97. The van der Waals surface area contributed by atoms with Gasteiger partial charge in [0.25, 0.3) is 0 Å². The van der Waals surface area contributed by atoms with Crippen molar-refractivity contribution in [2.24, 2.45) is 11.8 Å². The normalized spacial score (nSPS) is 29.8. The molecule has 0 aromatic rings. The van der Waals surface area contributed by atoms with Gasteiger partial charge in [0.15, 0.2) is 0 Å². The molecule has 0 aromatic heterocycles. The molecular formula is C12H20. The van der Waals surface area contributed by atoms with E-state index in [0.717, 1.165) is 11.8 Å².